The Hall–Kier alpha value is -2.93. The van der Waals surface area contributed by atoms with Gasteiger partial charge in [0, 0.05) is 21.4 Å². The summed E-state index contributed by atoms with van der Waals surface area (Å²) in [6.45, 7) is 2.35. The van der Waals surface area contributed by atoms with Crippen LogP contribution < -0.4 is 10.6 Å². The van der Waals surface area contributed by atoms with Gasteiger partial charge in [-0.1, -0.05) is 35.5 Å². The van der Waals surface area contributed by atoms with Gasteiger partial charge < -0.3 is 15.2 Å². The van der Waals surface area contributed by atoms with Gasteiger partial charge in [0.25, 0.3) is 5.91 Å². The van der Waals surface area contributed by atoms with Crippen molar-refractivity contribution in [2.24, 2.45) is 0 Å². The number of aromatic nitrogens is 1. The number of carbonyl (C=O) groups is 2. The summed E-state index contributed by atoms with van der Waals surface area (Å²) in [5, 5.41) is 9.05. The zero-order chi connectivity index (χ0) is 17.6. The molecule has 0 radical (unpaired) electrons. The van der Waals surface area contributed by atoms with Gasteiger partial charge in [-0.15, -0.1) is 11.3 Å². The van der Waals surface area contributed by atoms with E-state index in [-0.39, 0.29) is 18.1 Å². The first-order valence-corrected chi connectivity index (χ1v) is 8.56. The second kappa shape index (κ2) is 7.76. The van der Waals surface area contributed by atoms with Gasteiger partial charge in [0.1, 0.15) is 0 Å². The number of rotatable bonds is 6. The van der Waals surface area contributed by atoms with Crippen LogP contribution in [0.2, 0.25) is 0 Å². The first kappa shape index (κ1) is 16.9. The average molecular weight is 355 g/mol. The van der Waals surface area contributed by atoms with Crippen molar-refractivity contribution in [2.75, 3.05) is 6.54 Å². The van der Waals surface area contributed by atoms with Crippen molar-refractivity contribution in [2.45, 2.75) is 13.5 Å². The fourth-order valence-corrected chi connectivity index (χ4v) is 3.03. The van der Waals surface area contributed by atoms with Gasteiger partial charge in [-0.05, 0) is 19.1 Å². The smallest absolute Gasteiger partial charge is 0.273 e. The summed E-state index contributed by atoms with van der Waals surface area (Å²) in [4.78, 5) is 26.1. The third kappa shape index (κ3) is 4.54. The highest BCUT2D eigenvalue weighted by molar-refractivity contribution is 7.11. The van der Waals surface area contributed by atoms with E-state index < -0.39 is 5.91 Å². The minimum atomic E-state index is -0.451. The Balaban J connectivity index is 1.49. The van der Waals surface area contributed by atoms with Crippen LogP contribution in [0.5, 0.6) is 0 Å². The van der Waals surface area contributed by atoms with E-state index in [0.717, 1.165) is 10.4 Å². The third-order valence-corrected chi connectivity index (χ3v) is 4.47. The number of nitrogens with zero attached hydrogens (tertiary/aromatic N) is 1. The minimum Gasteiger partial charge on any atom is -0.355 e. The van der Waals surface area contributed by atoms with Gasteiger partial charge in [-0.2, -0.15) is 0 Å². The van der Waals surface area contributed by atoms with Crippen LogP contribution in [-0.2, 0) is 11.3 Å². The van der Waals surface area contributed by atoms with Gasteiger partial charge in [-0.3, -0.25) is 9.59 Å². The predicted octanol–water partition coefficient (Wildman–Crippen LogP) is 2.76. The molecule has 0 unspecified atom stereocenters. The highest BCUT2D eigenvalue weighted by Crippen LogP contribution is 2.19. The number of hydrogen-bond acceptors (Lipinski definition) is 5. The van der Waals surface area contributed by atoms with E-state index in [1.807, 2.05) is 49.4 Å². The largest absolute Gasteiger partial charge is 0.355 e. The van der Waals surface area contributed by atoms with Crippen LogP contribution in [0.25, 0.3) is 11.3 Å². The van der Waals surface area contributed by atoms with Crippen LogP contribution in [0, 0.1) is 6.92 Å². The molecule has 0 saturated heterocycles. The summed E-state index contributed by atoms with van der Waals surface area (Å²) in [5.41, 5.74) is 0.971. The van der Waals surface area contributed by atoms with Crippen molar-refractivity contribution < 1.29 is 14.1 Å². The lowest BCUT2D eigenvalue weighted by molar-refractivity contribution is -0.120. The molecular formula is C18H17N3O3S. The van der Waals surface area contributed by atoms with E-state index in [0.29, 0.717) is 12.3 Å². The van der Waals surface area contributed by atoms with Crippen molar-refractivity contribution in [3.8, 4) is 11.3 Å². The standard InChI is InChI=1S/C18H17N3O3S/c1-12-7-8-14(25-12)10-19-17(22)11-20-18(23)15-9-16(24-21-15)13-5-3-2-4-6-13/h2-9H,10-11H2,1H3,(H,19,22)(H,20,23). The van der Waals surface area contributed by atoms with Crippen LogP contribution in [0.15, 0.2) is 53.1 Å². The Bertz CT molecular complexity index is 871. The molecule has 0 aliphatic heterocycles. The number of thiophene rings is 1. The molecule has 25 heavy (non-hydrogen) atoms. The Kier molecular flexibility index (Phi) is 5.25. The Morgan fingerprint density at radius 1 is 1.12 bits per heavy atom. The molecule has 0 aliphatic carbocycles. The summed E-state index contributed by atoms with van der Waals surface area (Å²) >= 11 is 1.63. The molecule has 2 heterocycles. The Morgan fingerprint density at radius 3 is 2.64 bits per heavy atom. The van der Waals surface area contributed by atoms with Crippen molar-refractivity contribution in [1.82, 2.24) is 15.8 Å². The van der Waals surface area contributed by atoms with E-state index in [1.165, 1.54) is 4.88 Å². The molecular weight excluding hydrogens is 338 g/mol. The number of amides is 2. The maximum absolute atomic E-state index is 12.1. The molecule has 3 aromatic rings. The lowest BCUT2D eigenvalue weighted by Gasteiger charge is -2.04. The van der Waals surface area contributed by atoms with E-state index in [9.17, 15) is 9.59 Å². The van der Waals surface area contributed by atoms with Crippen molar-refractivity contribution in [3.63, 3.8) is 0 Å². The molecule has 0 bridgehead atoms. The van der Waals surface area contributed by atoms with Crippen molar-refractivity contribution >= 4 is 23.2 Å². The molecule has 3 rings (SSSR count). The van der Waals surface area contributed by atoms with E-state index >= 15 is 0 Å². The van der Waals surface area contributed by atoms with Gasteiger partial charge in [0.05, 0.1) is 13.1 Å². The zero-order valence-electron chi connectivity index (χ0n) is 13.6. The van der Waals surface area contributed by atoms with Crippen LogP contribution in [0.1, 0.15) is 20.2 Å². The molecule has 7 heteroatoms. The molecule has 1 aromatic carbocycles. The summed E-state index contributed by atoms with van der Waals surface area (Å²) in [7, 11) is 0. The molecule has 0 atom stereocenters. The Labute approximate surface area is 148 Å². The summed E-state index contributed by atoms with van der Waals surface area (Å²) in [6, 6.07) is 14.9. The fourth-order valence-electron chi connectivity index (χ4n) is 2.20. The molecule has 0 spiro atoms. The lowest BCUT2D eigenvalue weighted by Crippen LogP contribution is -2.36. The second-order valence-corrected chi connectivity index (χ2v) is 6.79. The number of carbonyl (C=O) groups excluding carboxylic acids is 2. The zero-order valence-corrected chi connectivity index (χ0v) is 14.4. The molecule has 6 nitrogen and oxygen atoms in total. The second-order valence-electron chi connectivity index (χ2n) is 5.41. The number of nitrogens with one attached hydrogen (secondary N) is 2. The van der Waals surface area contributed by atoms with Crippen LogP contribution in [0.4, 0.5) is 0 Å². The molecule has 128 valence electrons. The molecule has 0 saturated carbocycles. The monoisotopic (exact) mass is 355 g/mol. The number of benzene rings is 1. The molecule has 2 N–H and O–H groups in total. The lowest BCUT2D eigenvalue weighted by atomic mass is 10.1. The predicted molar refractivity (Wildman–Crippen MR) is 95.2 cm³/mol. The van der Waals surface area contributed by atoms with Crippen LogP contribution in [-0.4, -0.2) is 23.5 Å². The molecule has 0 aliphatic rings. The summed E-state index contributed by atoms with van der Waals surface area (Å²) < 4.78 is 5.18. The normalized spacial score (nSPS) is 10.4. The van der Waals surface area contributed by atoms with Crippen LogP contribution in [0.3, 0.4) is 0 Å². The summed E-state index contributed by atoms with van der Waals surface area (Å²) in [5.74, 6) is -0.206. The fraction of sp³-hybridized carbons (Fsp3) is 0.167. The highest BCUT2D eigenvalue weighted by Gasteiger charge is 2.14. The maximum Gasteiger partial charge on any atom is 0.273 e. The SMILES string of the molecule is Cc1ccc(CNC(=O)CNC(=O)c2cc(-c3ccccc3)on2)s1. The molecule has 2 amide bonds. The Morgan fingerprint density at radius 2 is 1.92 bits per heavy atom. The third-order valence-electron chi connectivity index (χ3n) is 3.47. The topological polar surface area (TPSA) is 84.2 Å². The highest BCUT2D eigenvalue weighted by atomic mass is 32.1. The van der Waals surface area contributed by atoms with Gasteiger partial charge in [0.2, 0.25) is 5.91 Å². The number of aryl methyl sites for hydroxylation is 1. The van der Waals surface area contributed by atoms with Gasteiger partial charge >= 0.3 is 0 Å². The van der Waals surface area contributed by atoms with E-state index in [1.54, 1.807) is 17.4 Å². The van der Waals surface area contributed by atoms with E-state index in [2.05, 4.69) is 15.8 Å². The van der Waals surface area contributed by atoms with Crippen LogP contribution >= 0.6 is 11.3 Å². The average Bonchev–Trinajstić information content (AvgIpc) is 3.28. The van der Waals surface area contributed by atoms with Gasteiger partial charge in [0.15, 0.2) is 11.5 Å². The van der Waals surface area contributed by atoms with Crippen molar-refractivity contribution in [3.05, 3.63) is 64.0 Å². The first-order chi connectivity index (χ1) is 12.1. The molecule has 2 aromatic heterocycles. The molecule has 0 fully saturated rings. The van der Waals surface area contributed by atoms with Crippen molar-refractivity contribution in [1.29, 1.82) is 0 Å². The first-order valence-electron chi connectivity index (χ1n) is 7.74. The summed E-state index contributed by atoms with van der Waals surface area (Å²) in [6.07, 6.45) is 0. The van der Waals surface area contributed by atoms with Gasteiger partial charge in [-0.25, -0.2) is 0 Å². The minimum absolute atomic E-state index is 0.114. The van der Waals surface area contributed by atoms with E-state index in [4.69, 9.17) is 4.52 Å². The quantitative estimate of drug-likeness (QED) is 0.712. The number of hydrogen-bond donors (Lipinski definition) is 2. The maximum atomic E-state index is 12.1.